The van der Waals surface area contributed by atoms with Gasteiger partial charge in [-0.15, -0.1) is 0 Å². The number of nitrogens with two attached hydrogens (primary N) is 1. The smallest absolute Gasteiger partial charge is 0.324 e. The van der Waals surface area contributed by atoms with Gasteiger partial charge in [-0.3, -0.25) is 13.9 Å². The number of rotatable bonds is 9. The Morgan fingerprint density at radius 1 is 1.38 bits per heavy atom. The summed E-state index contributed by atoms with van der Waals surface area (Å²) >= 11 is 0. The Kier molecular flexibility index (Phi) is 6.43. The summed E-state index contributed by atoms with van der Waals surface area (Å²) in [6, 6.07) is -2.38. The number of aliphatic hydroxyl groups excluding tert-OH is 2. The zero-order valence-corrected chi connectivity index (χ0v) is 11.5. The Hall–Kier alpha value is -1.32. The zero-order chi connectivity index (χ0) is 16.0. The van der Waals surface area contributed by atoms with Crippen molar-refractivity contribution in [3.05, 3.63) is 11.7 Å². The van der Waals surface area contributed by atoms with Crippen LogP contribution in [0.2, 0.25) is 0 Å². The van der Waals surface area contributed by atoms with Crippen molar-refractivity contribution in [1.29, 1.82) is 0 Å². The molecule has 0 fully saturated rings. The van der Waals surface area contributed by atoms with E-state index in [1.807, 2.05) is 4.72 Å². The Morgan fingerprint density at radius 2 is 2.05 bits per heavy atom. The summed E-state index contributed by atoms with van der Waals surface area (Å²) in [5, 5.41) is 29.7. The SMILES string of the molecule is NC(CO)c1noc(CNS(O)(O)NC(CO)C(=O)O)n1. The lowest BCUT2D eigenvalue weighted by Gasteiger charge is -2.34. The number of carbonyl (C=O) groups is 1. The summed E-state index contributed by atoms with van der Waals surface area (Å²) in [7, 11) is -3.70. The van der Waals surface area contributed by atoms with Crippen molar-refractivity contribution < 1.29 is 33.7 Å². The maximum Gasteiger partial charge on any atom is 0.324 e. The van der Waals surface area contributed by atoms with E-state index in [9.17, 15) is 13.9 Å². The van der Waals surface area contributed by atoms with E-state index in [-0.39, 0.29) is 24.9 Å². The Balaban J connectivity index is 2.56. The van der Waals surface area contributed by atoms with Crippen molar-refractivity contribution in [2.45, 2.75) is 18.6 Å². The van der Waals surface area contributed by atoms with Crippen molar-refractivity contribution in [2.75, 3.05) is 13.2 Å². The third kappa shape index (κ3) is 5.52. The van der Waals surface area contributed by atoms with Gasteiger partial charge in [0.2, 0.25) is 5.89 Å². The molecule has 1 rings (SSSR count). The van der Waals surface area contributed by atoms with Gasteiger partial charge in [0.25, 0.3) is 0 Å². The van der Waals surface area contributed by atoms with Crippen LogP contribution in [0, 0.1) is 0 Å². The highest BCUT2D eigenvalue weighted by molar-refractivity contribution is 8.21. The lowest BCUT2D eigenvalue weighted by atomic mass is 10.3. The third-order valence-electron chi connectivity index (χ3n) is 2.22. The zero-order valence-electron chi connectivity index (χ0n) is 10.7. The predicted molar refractivity (Wildman–Crippen MR) is 69.6 cm³/mol. The molecular weight excluding hydrogens is 310 g/mol. The van der Waals surface area contributed by atoms with Crippen LogP contribution in [0.5, 0.6) is 0 Å². The van der Waals surface area contributed by atoms with Crippen molar-refractivity contribution in [3.8, 4) is 0 Å². The van der Waals surface area contributed by atoms with Crippen LogP contribution < -0.4 is 15.2 Å². The molecule has 0 saturated carbocycles. The first-order valence-corrected chi connectivity index (χ1v) is 7.16. The first kappa shape index (κ1) is 17.7. The van der Waals surface area contributed by atoms with Gasteiger partial charge in [0, 0.05) is 0 Å². The molecule has 1 aromatic rings. The van der Waals surface area contributed by atoms with Gasteiger partial charge in [-0.1, -0.05) is 16.1 Å². The van der Waals surface area contributed by atoms with Gasteiger partial charge >= 0.3 is 5.97 Å². The fourth-order valence-electron chi connectivity index (χ4n) is 1.14. The highest BCUT2D eigenvalue weighted by atomic mass is 32.3. The van der Waals surface area contributed by atoms with E-state index in [4.69, 9.17) is 25.6 Å². The van der Waals surface area contributed by atoms with Crippen molar-refractivity contribution in [2.24, 2.45) is 5.73 Å². The molecule has 0 saturated heterocycles. The number of aliphatic hydroxyl groups is 2. The molecule has 13 heteroatoms. The first-order chi connectivity index (χ1) is 9.79. The molecule has 0 aromatic carbocycles. The van der Waals surface area contributed by atoms with Gasteiger partial charge in [0.15, 0.2) is 5.82 Å². The average molecular weight is 327 g/mol. The molecule has 0 aliphatic carbocycles. The molecule has 0 amide bonds. The van der Waals surface area contributed by atoms with Crippen LogP contribution in [-0.2, 0) is 11.3 Å². The summed E-state index contributed by atoms with van der Waals surface area (Å²) in [6.07, 6.45) is 0. The number of aromatic nitrogens is 2. The topological polar surface area (TPSA) is 207 Å². The second-order valence-electron chi connectivity index (χ2n) is 3.90. The normalized spacial score (nSPS) is 15.7. The summed E-state index contributed by atoms with van der Waals surface area (Å²) < 4.78 is 28.0. The van der Waals surface area contributed by atoms with E-state index in [1.54, 1.807) is 0 Å². The van der Waals surface area contributed by atoms with Crippen molar-refractivity contribution >= 4 is 16.9 Å². The van der Waals surface area contributed by atoms with Gasteiger partial charge in [0.1, 0.15) is 6.04 Å². The molecule has 0 bridgehead atoms. The fraction of sp³-hybridized carbons (Fsp3) is 0.625. The fourth-order valence-corrected chi connectivity index (χ4v) is 2.12. The van der Waals surface area contributed by atoms with E-state index in [2.05, 4.69) is 14.9 Å². The lowest BCUT2D eigenvalue weighted by molar-refractivity contribution is -0.139. The molecule has 122 valence electrons. The highest BCUT2D eigenvalue weighted by Crippen LogP contribution is 2.29. The van der Waals surface area contributed by atoms with Gasteiger partial charge in [-0.25, -0.2) is 0 Å². The number of nitrogens with zero attached hydrogens (tertiary/aromatic N) is 2. The standard InChI is InChI=1S/C8H17N5O7S/c9-4(2-14)7-11-6(20-12-7)1-10-21(18,19)13-5(3-15)8(16)17/h4-5,10,13-15,18-19H,1-3,9H2,(H,16,17). The third-order valence-corrected chi connectivity index (χ3v) is 3.38. The molecule has 0 spiro atoms. The molecule has 0 radical (unpaired) electrons. The Bertz CT molecular complexity index is 470. The van der Waals surface area contributed by atoms with Crippen LogP contribution in [-0.4, -0.2) is 59.8 Å². The number of nitrogens with one attached hydrogen (secondary N) is 2. The summed E-state index contributed by atoms with van der Waals surface area (Å²) in [4.78, 5) is 14.4. The first-order valence-electron chi connectivity index (χ1n) is 5.61. The van der Waals surface area contributed by atoms with Crippen molar-refractivity contribution in [1.82, 2.24) is 19.6 Å². The van der Waals surface area contributed by atoms with Gasteiger partial charge in [-0.05, 0) is 0 Å². The van der Waals surface area contributed by atoms with Crippen LogP contribution in [0.25, 0.3) is 0 Å². The monoisotopic (exact) mass is 327 g/mol. The maximum atomic E-state index is 10.7. The van der Waals surface area contributed by atoms with Crippen LogP contribution >= 0.6 is 11.0 Å². The van der Waals surface area contributed by atoms with Gasteiger partial charge < -0.3 is 25.6 Å². The van der Waals surface area contributed by atoms with Crippen LogP contribution in [0.1, 0.15) is 17.8 Å². The second kappa shape index (κ2) is 7.62. The van der Waals surface area contributed by atoms with E-state index >= 15 is 0 Å². The molecule has 2 atom stereocenters. The molecule has 12 nitrogen and oxygen atoms in total. The summed E-state index contributed by atoms with van der Waals surface area (Å²) in [5.74, 6) is -1.46. The number of aliphatic carboxylic acids is 1. The largest absolute Gasteiger partial charge is 0.480 e. The second-order valence-corrected chi connectivity index (χ2v) is 5.52. The predicted octanol–water partition coefficient (Wildman–Crippen LogP) is -2.23. The number of hydrogen-bond acceptors (Lipinski definition) is 11. The van der Waals surface area contributed by atoms with Gasteiger partial charge in [-0.2, -0.15) is 14.4 Å². The molecular formula is C8H17N5O7S. The van der Waals surface area contributed by atoms with Crippen LogP contribution in [0.15, 0.2) is 4.52 Å². The van der Waals surface area contributed by atoms with Crippen LogP contribution in [0.4, 0.5) is 0 Å². The Morgan fingerprint density at radius 3 is 2.57 bits per heavy atom. The maximum absolute atomic E-state index is 10.7. The van der Waals surface area contributed by atoms with Crippen molar-refractivity contribution in [3.63, 3.8) is 0 Å². The quantitative estimate of drug-likeness (QED) is 0.242. The number of carboxylic acids is 1. The molecule has 1 heterocycles. The summed E-state index contributed by atoms with van der Waals surface area (Å²) in [5.41, 5.74) is 5.45. The molecule has 21 heavy (non-hydrogen) atoms. The average Bonchev–Trinajstić information content (AvgIpc) is 2.90. The number of hydrogen-bond donors (Lipinski definition) is 8. The van der Waals surface area contributed by atoms with E-state index < -0.39 is 35.6 Å². The number of carboxylic acid groups (broad SMARTS) is 1. The molecule has 9 N–H and O–H groups in total. The highest BCUT2D eigenvalue weighted by Gasteiger charge is 2.24. The molecule has 0 aliphatic rings. The molecule has 1 aromatic heterocycles. The molecule has 0 aliphatic heterocycles. The Labute approximate surface area is 120 Å². The lowest BCUT2D eigenvalue weighted by Crippen LogP contribution is -2.45. The van der Waals surface area contributed by atoms with Crippen LogP contribution in [0.3, 0.4) is 0 Å². The summed E-state index contributed by atoms with van der Waals surface area (Å²) in [6.45, 7) is -1.51. The minimum Gasteiger partial charge on any atom is -0.480 e. The minimum atomic E-state index is -3.70. The van der Waals surface area contributed by atoms with E-state index in [0.717, 1.165) is 0 Å². The van der Waals surface area contributed by atoms with Gasteiger partial charge in [0.05, 0.1) is 25.8 Å². The van der Waals surface area contributed by atoms with E-state index in [1.165, 1.54) is 0 Å². The minimum absolute atomic E-state index is 0.0394. The van der Waals surface area contributed by atoms with E-state index in [0.29, 0.717) is 0 Å². The molecule has 2 unspecified atom stereocenters.